The highest BCUT2D eigenvalue weighted by Crippen LogP contribution is 1.92. The van der Waals surface area contributed by atoms with Crippen LogP contribution in [0.15, 0.2) is 6.20 Å². The van der Waals surface area contributed by atoms with Crippen molar-refractivity contribution in [3.8, 4) is 0 Å². The fourth-order valence-corrected chi connectivity index (χ4v) is 0.984. The van der Waals surface area contributed by atoms with Crippen LogP contribution in [0.3, 0.4) is 0 Å². The number of hydrogen-bond acceptors (Lipinski definition) is 5. The molecular weight excluding hydrogens is 212 g/mol. The summed E-state index contributed by atoms with van der Waals surface area (Å²) >= 11 is 0. The molecule has 0 aliphatic carbocycles. The summed E-state index contributed by atoms with van der Waals surface area (Å²) in [5.74, 6) is -0.428. The zero-order valence-electron chi connectivity index (χ0n) is 8.93. The number of nitrogens with zero attached hydrogens (tertiary/aromatic N) is 3. The molecule has 0 aliphatic rings. The molecule has 0 aliphatic heterocycles. The van der Waals surface area contributed by atoms with E-state index in [1.54, 1.807) is 13.2 Å². The van der Waals surface area contributed by atoms with Gasteiger partial charge in [0.1, 0.15) is 12.2 Å². The Morgan fingerprint density at radius 3 is 2.88 bits per heavy atom. The van der Waals surface area contributed by atoms with Crippen LogP contribution in [0.5, 0.6) is 0 Å². The van der Waals surface area contributed by atoms with Gasteiger partial charge in [-0.3, -0.25) is 9.59 Å². The van der Waals surface area contributed by atoms with Gasteiger partial charge in [0, 0.05) is 7.05 Å². The SMILES string of the molecule is CNC(=O)Cn1cc(CNC(=O)CN)nn1. The van der Waals surface area contributed by atoms with Crippen LogP contribution in [0.4, 0.5) is 0 Å². The van der Waals surface area contributed by atoms with Gasteiger partial charge in [0.15, 0.2) is 0 Å². The molecule has 0 bridgehead atoms. The molecular formula is C8H14N6O2. The highest BCUT2D eigenvalue weighted by Gasteiger charge is 2.05. The Balaban J connectivity index is 2.45. The monoisotopic (exact) mass is 226 g/mol. The van der Waals surface area contributed by atoms with Crippen molar-refractivity contribution < 1.29 is 9.59 Å². The van der Waals surface area contributed by atoms with Gasteiger partial charge in [-0.05, 0) is 0 Å². The van der Waals surface area contributed by atoms with Crippen molar-refractivity contribution in [1.82, 2.24) is 25.6 Å². The summed E-state index contributed by atoms with van der Waals surface area (Å²) in [6.07, 6.45) is 1.59. The van der Waals surface area contributed by atoms with E-state index in [-0.39, 0.29) is 31.4 Å². The van der Waals surface area contributed by atoms with Gasteiger partial charge in [-0.1, -0.05) is 5.21 Å². The Hall–Kier alpha value is -1.96. The number of hydrogen-bond donors (Lipinski definition) is 3. The zero-order valence-corrected chi connectivity index (χ0v) is 8.93. The smallest absolute Gasteiger partial charge is 0.241 e. The molecule has 0 fully saturated rings. The molecule has 4 N–H and O–H groups in total. The van der Waals surface area contributed by atoms with Gasteiger partial charge in [-0.2, -0.15) is 0 Å². The predicted octanol–water partition coefficient (Wildman–Crippen LogP) is -2.40. The first-order valence-corrected chi connectivity index (χ1v) is 4.72. The molecule has 0 saturated heterocycles. The van der Waals surface area contributed by atoms with Crippen molar-refractivity contribution in [2.24, 2.45) is 5.73 Å². The maximum absolute atomic E-state index is 11.0. The second-order valence-electron chi connectivity index (χ2n) is 3.06. The molecule has 1 rings (SSSR count). The summed E-state index contributed by atoms with van der Waals surface area (Å²) in [5.41, 5.74) is 5.69. The molecule has 1 aromatic heterocycles. The van der Waals surface area contributed by atoms with Crippen LogP contribution in [0.2, 0.25) is 0 Å². The summed E-state index contributed by atoms with van der Waals surface area (Å²) in [6, 6.07) is 0. The van der Waals surface area contributed by atoms with Gasteiger partial charge in [0.2, 0.25) is 11.8 Å². The Kier molecular flexibility index (Phi) is 4.40. The lowest BCUT2D eigenvalue weighted by molar-refractivity contribution is -0.121. The normalized spacial score (nSPS) is 9.88. The molecule has 0 saturated carbocycles. The van der Waals surface area contributed by atoms with Crippen LogP contribution < -0.4 is 16.4 Å². The van der Waals surface area contributed by atoms with Gasteiger partial charge in [-0.15, -0.1) is 5.10 Å². The number of rotatable bonds is 5. The standard InChI is InChI=1S/C8H14N6O2/c1-10-8(16)5-14-4-6(12-13-14)3-11-7(15)2-9/h4H,2-3,5,9H2,1H3,(H,10,16)(H,11,15). The van der Waals surface area contributed by atoms with Crippen LogP contribution in [-0.4, -0.2) is 40.4 Å². The molecule has 0 atom stereocenters. The van der Waals surface area contributed by atoms with E-state index in [1.165, 1.54) is 4.68 Å². The highest BCUT2D eigenvalue weighted by molar-refractivity contribution is 5.77. The van der Waals surface area contributed by atoms with Crippen molar-refractivity contribution in [2.75, 3.05) is 13.6 Å². The first kappa shape index (κ1) is 12.1. The Morgan fingerprint density at radius 1 is 1.50 bits per heavy atom. The molecule has 8 nitrogen and oxygen atoms in total. The minimum atomic E-state index is -0.263. The van der Waals surface area contributed by atoms with Gasteiger partial charge in [0.25, 0.3) is 0 Å². The lowest BCUT2D eigenvalue weighted by Gasteiger charge is -1.99. The number of carbonyl (C=O) groups excluding carboxylic acids is 2. The van der Waals surface area contributed by atoms with Crippen molar-refractivity contribution in [1.29, 1.82) is 0 Å². The lowest BCUT2D eigenvalue weighted by atomic mass is 10.4. The Labute approximate surface area is 92.2 Å². The van der Waals surface area contributed by atoms with Gasteiger partial charge >= 0.3 is 0 Å². The summed E-state index contributed by atoms with van der Waals surface area (Å²) in [4.78, 5) is 21.9. The molecule has 1 heterocycles. The molecule has 0 aromatic carbocycles. The minimum Gasteiger partial charge on any atom is -0.358 e. The fourth-order valence-electron chi connectivity index (χ4n) is 0.984. The number of likely N-dealkylation sites (N-methyl/N-ethyl adjacent to an activating group) is 1. The van der Waals surface area contributed by atoms with Crippen molar-refractivity contribution in [2.45, 2.75) is 13.1 Å². The molecule has 16 heavy (non-hydrogen) atoms. The average molecular weight is 226 g/mol. The first-order chi connectivity index (χ1) is 7.65. The van der Waals surface area contributed by atoms with E-state index >= 15 is 0 Å². The first-order valence-electron chi connectivity index (χ1n) is 4.72. The fraction of sp³-hybridized carbons (Fsp3) is 0.500. The topological polar surface area (TPSA) is 115 Å². The van der Waals surface area contributed by atoms with Gasteiger partial charge < -0.3 is 16.4 Å². The second-order valence-corrected chi connectivity index (χ2v) is 3.06. The number of amides is 2. The van der Waals surface area contributed by atoms with E-state index in [4.69, 9.17) is 5.73 Å². The number of carbonyl (C=O) groups is 2. The van der Waals surface area contributed by atoms with E-state index < -0.39 is 0 Å². The summed E-state index contributed by atoms with van der Waals surface area (Å²) in [6.45, 7) is 0.296. The lowest BCUT2D eigenvalue weighted by Crippen LogP contribution is -2.29. The van der Waals surface area contributed by atoms with Crippen LogP contribution in [0.1, 0.15) is 5.69 Å². The van der Waals surface area contributed by atoms with Crippen molar-refractivity contribution >= 4 is 11.8 Å². The maximum atomic E-state index is 11.0. The largest absolute Gasteiger partial charge is 0.358 e. The molecule has 0 spiro atoms. The van der Waals surface area contributed by atoms with E-state index in [9.17, 15) is 9.59 Å². The van der Waals surface area contributed by atoms with Crippen LogP contribution in [0, 0.1) is 0 Å². The van der Waals surface area contributed by atoms with Crippen LogP contribution in [0.25, 0.3) is 0 Å². The third kappa shape index (κ3) is 3.65. The zero-order chi connectivity index (χ0) is 12.0. The van der Waals surface area contributed by atoms with Crippen LogP contribution in [-0.2, 0) is 22.7 Å². The van der Waals surface area contributed by atoms with E-state index in [0.717, 1.165) is 0 Å². The predicted molar refractivity (Wildman–Crippen MR) is 55.0 cm³/mol. The molecule has 0 unspecified atom stereocenters. The molecule has 8 heteroatoms. The molecule has 2 amide bonds. The summed E-state index contributed by atoms with van der Waals surface area (Å²) in [7, 11) is 1.54. The summed E-state index contributed by atoms with van der Waals surface area (Å²) in [5, 5.41) is 12.5. The molecule has 88 valence electrons. The minimum absolute atomic E-state index is 0.0631. The summed E-state index contributed by atoms with van der Waals surface area (Å²) < 4.78 is 1.39. The third-order valence-corrected chi connectivity index (χ3v) is 1.82. The Bertz CT molecular complexity index is 374. The van der Waals surface area contributed by atoms with E-state index in [0.29, 0.717) is 5.69 Å². The quantitative estimate of drug-likeness (QED) is 0.517. The molecule has 0 radical (unpaired) electrons. The number of aromatic nitrogens is 3. The van der Waals surface area contributed by atoms with Gasteiger partial charge in [-0.25, -0.2) is 4.68 Å². The number of nitrogens with one attached hydrogen (secondary N) is 2. The van der Waals surface area contributed by atoms with Crippen molar-refractivity contribution in [3.05, 3.63) is 11.9 Å². The van der Waals surface area contributed by atoms with E-state index in [2.05, 4.69) is 20.9 Å². The maximum Gasteiger partial charge on any atom is 0.241 e. The molecule has 1 aromatic rings. The van der Waals surface area contributed by atoms with Crippen molar-refractivity contribution in [3.63, 3.8) is 0 Å². The third-order valence-electron chi connectivity index (χ3n) is 1.82. The van der Waals surface area contributed by atoms with Crippen LogP contribution >= 0.6 is 0 Å². The Morgan fingerprint density at radius 2 is 2.25 bits per heavy atom. The average Bonchev–Trinajstić information content (AvgIpc) is 2.73. The second kappa shape index (κ2) is 5.81. The number of nitrogens with two attached hydrogens (primary N) is 1. The highest BCUT2D eigenvalue weighted by atomic mass is 16.2. The van der Waals surface area contributed by atoms with Gasteiger partial charge in [0.05, 0.1) is 19.3 Å². The van der Waals surface area contributed by atoms with E-state index in [1.807, 2.05) is 0 Å².